The number of fused-ring (bicyclic) bond motifs is 1. The van der Waals surface area contributed by atoms with Crippen LogP contribution in [-0.4, -0.2) is 36.0 Å². The second-order valence-electron chi connectivity index (χ2n) is 7.81. The van der Waals surface area contributed by atoms with Gasteiger partial charge < -0.3 is 4.42 Å². The maximum atomic E-state index is 12.0. The summed E-state index contributed by atoms with van der Waals surface area (Å²) in [4.78, 5) is 16.9. The summed E-state index contributed by atoms with van der Waals surface area (Å²) in [7, 11) is 0. The van der Waals surface area contributed by atoms with Crippen molar-refractivity contribution in [2.24, 2.45) is 0 Å². The second-order valence-corrected chi connectivity index (χ2v) is 7.81. The largest absolute Gasteiger partial charge is 0.423 e. The third-order valence-corrected chi connectivity index (χ3v) is 5.69. The van der Waals surface area contributed by atoms with E-state index >= 15 is 0 Å². The first-order valence-corrected chi connectivity index (χ1v) is 10.2. The quantitative estimate of drug-likeness (QED) is 0.631. The lowest BCUT2D eigenvalue weighted by molar-refractivity contribution is 0.122. The summed E-state index contributed by atoms with van der Waals surface area (Å²) < 4.78 is 5.40. The van der Waals surface area contributed by atoms with Gasteiger partial charge in [-0.05, 0) is 42.2 Å². The van der Waals surface area contributed by atoms with E-state index in [1.807, 2.05) is 12.1 Å². The lowest BCUT2D eigenvalue weighted by Gasteiger charge is -2.34. The van der Waals surface area contributed by atoms with Crippen molar-refractivity contribution in [1.29, 1.82) is 0 Å². The molecule has 2 aromatic carbocycles. The van der Waals surface area contributed by atoms with Gasteiger partial charge in [-0.2, -0.15) is 0 Å². The molecule has 28 heavy (non-hydrogen) atoms. The van der Waals surface area contributed by atoms with Gasteiger partial charge in [-0.1, -0.05) is 42.8 Å². The van der Waals surface area contributed by atoms with Crippen molar-refractivity contribution in [3.8, 4) is 0 Å². The Morgan fingerprint density at radius 2 is 1.50 bits per heavy atom. The summed E-state index contributed by atoms with van der Waals surface area (Å²) in [5.74, 6) is 0. The molecule has 0 atom stereocenters. The number of hydrogen-bond donors (Lipinski definition) is 0. The Bertz CT molecular complexity index is 999. The molecule has 1 saturated heterocycles. The van der Waals surface area contributed by atoms with Crippen LogP contribution in [0.2, 0.25) is 0 Å². The molecule has 0 radical (unpaired) electrons. The van der Waals surface area contributed by atoms with Gasteiger partial charge in [-0.25, -0.2) is 4.79 Å². The van der Waals surface area contributed by atoms with Gasteiger partial charge in [0.2, 0.25) is 0 Å². The lowest BCUT2D eigenvalue weighted by Crippen LogP contribution is -2.45. The van der Waals surface area contributed by atoms with Crippen LogP contribution < -0.4 is 5.63 Å². The first-order valence-electron chi connectivity index (χ1n) is 10.2. The zero-order valence-electron chi connectivity index (χ0n) is 16.8. The molecule has 1 aliphatic rings. The smallest absolute Gasteiger partial charge is 0.336 e. The zero-order chi connectivity index (χ0) is 19.5. The van der Waals surface area contributed by atoms with E-state index in [9.17, 15) is 4.79 Å². The Morgan fingerprint density at radius 1 is 0.857 bits per heavy atom. The molecule has 2 heterocycles. The highest BCUT2D eigenvalue weighted by atomic mass is 16.4. The van der Waals surface area contributed by atoms with Crippen LogP contribution in [0.4, 0.5) is 0 Å². The van der Waals surface area contributed by atoms with Gasteiger partial charge in [-0.15, -0.1) is 0 Å². The van der Waals surface area contributed by atoms with Crippen molar-refractivity contribution in [3.63, 3.8) is 0 Å². The Labute approximate surface area is 166 Å². The fraction of sp³-hybridized carbons (Fsp3) is 0.375. The van der Waals surface area contributed by atoms with E-state index in [1.165, 1.54) is 16.7 Å². The molecule has 0 amide bonds. The molecule has 1 aromatic heterocycles. The molecule has 146 valence electrons. The van der Waals surface area contributed by atoms with Crippen LogP contribution in [0.15, 0.2) is 57.7 Å². The minimum atomic E-state index is -0.259. The van der Waals surface area contributed by atoms with Crippen molar-refractivity contribution in [2.45, 2.75) is 33.4 Å². The summed E-state index contributed by atoms with van der Waals surface area (Å²) in [5.41, 5.74) is 5.46. The van der Waals surface area contributed by atoms with E-state index in [0.717, 1.165) is 56.6 Å². The van der Waals surface area contributed by atoms with Crippen molar-refractivity contribution >= 4 is 11.0 Å². The maximum Gasteiger partial charge on any atom is 0.336 e. The number of hydrogen-bond acceptors (Lipinski definition) is 4. The zero-order valence-corrected chi connectivity index (χ0v) is 16.8. The van der Waals surface area contributed by atoms with Crippen LogP contribution in [0, 0.1) is 6.92 Å². The van der Waals surface area contributed by atoms with E-state index in [4.69, 9.17) is 4.42 Å². The van der Waals surface area contributed by atoms with E-state index in [-0.39, 0.29) is 5.63 Å². The van der Waals surface area contributed by atoms with Gasteiger partial charge >= 0.3 is 5.63 Å². The van der Waals surface area contributed by atoms with Gasteiger partial charge in [0.15, 0.2) is 0 Å². The van der Waals surface area contributed by atoms with E-state index < -0.39 is 0 Å². The first-order chi connectivity index (χ1) is 13.6. The first kappa shape index (κ1) is 18.9. The predicted octanol–water partition coefficient (Wildman–Crippen LogP) is 3.98. The number of benzene rings is 2. The minimum absolute atomic E-state index is 0.259. The molecule has 3 aromatic rings. The SMILES string of the molecule is CCc1ccc2oc(=O)cc(CN3CCN(Cc4ccc(C)cc4)CC3)c2c1. The molecule has 0 bridgehead atoms. The third kappa shape index (κ3) is 4.34. The monoisotopic (exact) mass is 376 g/mol. The van der Waals surface area contributed by atoms with Gasteiger partial charge in [0.25, 0.3) is 0 Å². The maximum absolute atomic E-state index is 12.0. The highest BCUT2D eigenvalue weighted by molar-refractivity contribution is 5.80. The van der Waals surface area contributed by atoms with Gasteiger partial charge in [0, 0.05) is 50.7 Å². The van der Waals surface area contributed by atoms with E-state index in [2.05, 4.69) is 54.0 Å². The number of nitrogens with zero attached hydrogens (tertiary/aromatic N) is 2. The average molecular weight is 377 g/mol. The Kier molecular flexibility index (Phi) is 5.60. The fourth-order valence-electron chi connectivity index (χ4n) is 3.92. The lowest BCUT2D eigenvalue weighted by atomic mass is 10.0. The van der Waals surface area contributed by atoms with Crippen LogP contribution in [0.3, 0.4) is 0 Å². The van der Waals surface area contributed by atoms with Crippen molar-refractivity contribution in [1.82, 2.24) is 9.80 Å². The summed E-state index contributed by atoms with van der Waals surface area (Å²) in [6, 6.07) is 16.6. The highest BCUT2D eigenvalue weighted by Gasteiger charge is 2.18. The van der Waals surface area contributed by atoms with Crippen LogP contribution in [-0.2, 0) is 19.5 Å². The van der Waals surface area contributed by atoms with Crippen LogP contribution in [0.1, 0.15) is 29.2 Å². The van der Waals surface area contributed by atoms with Crippen molar-refractivity contribution in [2.75, 3.05) is 26.2 Å². The molecule has 0 saturated carbocycles. The van der Waals surface area contributed by atoms with Crippen LogP contribution in [0.25, 0.3) is 11.0 Å². The molecule has 1 fully saturated rings. The van der Waals surface area contributed by atoms with E-state index in [1.54, 1.807) is 6.07 Å². The summed E-state index contributed by atoms with van der Waals surface area (Å²) in [6.45, 7) is 10.2. The normalized spacial score (nSPS) is 15.9. The second kappa shape index (κ2) is 8.29. The summed E-state index contributed by atoms with van der Waals surface area (Å²) in [5, 5.41) is 1.07. The standard InChI is InChI=1S/C24H28N2O2/c1-3-19-8-9-23-22(14-19)21(15-24(27)28-23)17-26-12-10-25(11-13-26)16-20-6-4-18(2)5-7-20/h4-9,14-15H,3,10-13,16-17H2,1-2H3. The van der Waals surface area contributed by atoms with Crippen LogP contribution in [0.5, 0.6) is 0 Å². The molecular weight excluding hydrogens is 348 g/mol. The fourth-order valence-corrected chi connectivity index (χ4v) is 3.92. The van der Waals surface area contributed by atoms with Crippen molar-refractivity contribution in [3.05, 3.63) is 81.2 Å². The molecule has 1 aliphatic heterocycles. The Hall–Kier alpha value is -2.43. The number of piperazine rings is 1. The molecule has 4 nitrogen and oxygen atoms in total. The Morgan fingerprint density at radius 3 is 2.18 bits per heavy atom. The minimum Gasteiger partial charge on any atom is -0.423 e. The summed E-state index contributed by atoms with van der Waals surface area (Å²) in [6.07, 6.45) is 0.978. The van der Waals surface area contributed by atoms with E-state index in [0.29, 0.717) is 5.58 Å². The molecule has 4 heteroatoms. The number of aryl methyl sites for hydroxylation is 2. The van der Waals surface area contributed by atoms with Gasteiger partial charge in [0.1, 0.15) is 5.58 Å². The molecule has 0 aliphatic carbocycles. The summed E-state index contributed by atoms with van der Waals surface area (Å²) >= 11 is 0. The molecule has 4 rings (SSSR count). The predicted molar refractivity (Wildman–Crippen MR) is 114 cm³/mol. The topological polar surface area (TPSA) is 36.7 Å². The highest BCUT2D eigenvalue weighted by Crippen LogP contribution is 2.21. The van der Waals surface area contributed by atoms with Crippen molar-refractivity contribution < 1.29 is 4.42 Å². The Balaban J connectivity index is 1.43. The van der Waals surface area contributed by atoms with Crippen LogP contribution >= 0.6 is 0 Å². The molecule has 0 spiro atoms. The molecular formula is C24H28N2O2. The van der Waals surface area contributed by atoms with Gasteiger partial charge in [-0.3, -0.25) is 9.80 Å². The average Bonchev–Trinajstić information content (AvgIpc) is 2.71. The molecule has 0 N–H and O–H groups in total. The molecule has 0 unspecified atom stereocenters. The third-order valence-electron chi connectivity index (χ3n) is 5.69. The number of rotatable bonds is 5. The van der Waals surface area contributed by atoms with Gasteiger partial charge in [0.05, 0.1) is 0 Å².